The van der Waals surface area contributed by atoms with Crippen LogP contribution in [-0.4, -0.2) is 43.2 Å². The van der Waals surface area contributed by atoms with Gasteiger partial charge in [-0.25, -0.2) is 4.39 Å². The van der Waals surface area contributed by atoms with E-state index in [1.54, 1.807) is 19.1 Å². The van der Waals surface area contributed by atoms with Crippen molar-refractivity contribution < 1.29 is 9.50 Å². The Morgan fingerprint density at radius 3 is 2.63 bits per heavy atom. The van der Waals surface area contributed by atoms with Gasteiger partial charge in [-0.2, -0.15) is 0 Å². The highest BCUT2D eigenvalue weighted by molar-refractivity contribution is 5.56. The zero-order chi connectivity index (χ0) is 19.4. The van der Waals surface area contributed by atoms with Crippen molar-refractivity contribution in [1.82, 2.24) is 4.90 Å². The van der Waals surface area contributed by atoms with Gasteiger partial charge in [0.2, 0.25) is 0 Å². The van der Waals surface area contributed by atoms with Gasteiger partial charge in [0.1, 0.15) is 5.82 Å². The third kappa shape index (κ3) is 4.79. The summed E-state index contributed by atoms with van der Waals surface area (Å²) in [6.07, 6.45) is 1.52. The minimum absolute atomic E-state index is 0.316. The lowest BCUT2D eigenvalue weighted by Crippen LogP contribution is -2.42. The highest BCUT2D eigenvalue weighted by Crippen LogP contribution is 2.27. The van der Waals surface area contributed by atoms with Gasteiger partial charge >= 0.3 is 0 Å². The number of nitrogens with one attached hydrogen (secondary N) is 1. The van der Waals surface area contributed by atoms with Crippen molar-refractivity contribution in [2.45, 2.75) is 38.5 Å². The topological polar surface area (TPSA) is 38.7 Å². The van der Waals surface area contributed by atoms with E-state index in [4.69, 9.17) is 0 Å². The molecule has 0 spiro atoms. The highest BCUT2D eigenvalue weighted by Gasteiger charge is 2.22. The summed E-state index contributed by atoms with van der Waals surface area (Å²) in [5, 5.41) is 13.1. The van der Waals surface area contributed by atoms with E-state index in [-0.39, 0.29) is 5.82 Å². The predicted octanol–water partition coefficient (Wildman–Crippen LogP) is 4.02. The minimum atomic E-state index is -0.824. The first kappa shape index (κ1) is 19.6. The lowest BCUT2D eigenvalue weighted by atomic mass is 10.0. The lowest BCUT2D eigenvalue weighted by Gasteiger charge is -2.37. The number of aliphatic hydroxyl groups excluding tert-OH is 1. The van der Waals surface area contributed by atoms with E-state index in [1.807, 2.05) is 0 Å². The van der Waals surface area contributed by atoms with Crippen LogP contribution in [0.3, 0.4) is 0 Å². The zero-order valence-corrected chi connectivity index (χ0v) is 16.5. The smallest absolute Gasteiger partial charge is 0.129 e. The van der Waals surface area contributed by atoms with Crippen molar-refractivity contribution in [3.05, 3.63) is 59.4 Å². The second kappa shape index (κ2) is 8.72. The lowest BCUT2D eigenvalue weighted by molar-refractivity contribution is 0.194. The fourth-order valence-corrected chi connectivity index (χ4v) is 3.75. The molecule has 0 aliphatic carbocycles. The van der Waals surface area contributed by atoms with Crippen LogP contribution in [0.1, 0.15) is 37.0 Å². The van der Waals surface area contributed by atoms with Gasteiger partial charge in [-0.3, -0.25) is 0 Å². The summed E-state index contributed by atoms with van der Waals surface area (Å²) in [6.45, 7) is 4.49. The summed E-state index contributed by atoms with van der Waals surface area (Å²) < 4.78 is 13.8. The molecule has 1 aliphatic rings. The van der Waals surface area contributed by atoms with Crippen molar-refractivity contribution in [2.24, 2.45) is 0 Å². The van der Waals surface area contributed by atoms with Gasteiger partial charge in [-0.1, -0.05) is 18.2 Å². The van der Waals surface area contributed by atoms with Crippen LogP contribution < -0.4 is 10.2 Å². The fourth-order valence-electron chi connectivity index (χ4n) is 3.75. The number of para-hydroxylation sites is 1. The van der Waals surface area contributed by atoms with Crippen molar-refractivity contribution >= 4 is 11.4 Å². The number of piperidine rings is 1. The summed E-state index contributed by atoms with van der Waals surface area (Å²) in [7, 11) is 4.36. The van der Waals surface area contributed by atoms with Crippen LogP contribution in [-0.2, 0) is 6.54 Å². The average Bonchev–Trinajstić information content (AvgIpc) is 2.67. The molecule has 0 aromatic heterocycles. The molecule has 146 valence electrons. The normalized spacial score (nSPS) is 16.9. The second-order valence-corrected chi connectivity index (χ2v) is 7.54. The van der Waals surface area contributed by atoms with E-state index in [1.165, 1.54) is 30.2 Å². The number of nitrogens with zero attached hydrogens (tertiary/aromatic N) is 2. The predicted molar refractivity (Wildman–Crippen MR) is 110 cm³/mol. The molecule has 2 N–H and O–H groups in total. The Bertz CT molecular complexity index is 757. The summed E-state index contributed by atoms with van der Waals surface area (Å²) in [4.78, 5) is 4.78. The molecule has 2 aromatic carbocycles. The Morgan fingerprint density at radius 2 is 1.93 bits per heavy atom. The third-order valence-corrected chi connectivity index (χ3v) is 5.54. The van der Waals surface area contributed by atoms with Gasteiger partial charge in [0.25, 0.3) is 0 Å². The maximum atomic E-state index is 13.8. The van der Waals surface area contributed by atoms with Gasteiger partial charge < -0.3 is 20.2 Å². The van der Waals surface area contributed by atoms with E-state index in [0.717, 1.165) is 18.8 Å². The molecule has 1 heterocycles. The Morgan fingerprint density at radius 1 is 1.22 bits per heavy atom. The molecule has 4 nitrogen and oxygen atoms in total. The minimum Gasteiger partial charge on any atom is -0.389 e. The van der Waals surface area contributed by atoms with E-state index >= 15 is 0 Å². The monoisotopic (exact) mass is 371 g/mol. The second-order valence-electron chi connectivity index (χ2n) is 7.54. The molecular weight excluding hydrogens is 341 g/mol. The van der Waals surface area contributed by atoms with E-state index in [9.17, 15) is 9.50 Å². The maximum Gasteiger partial charge on any atom is 0.129 e. The zero-order valence-electron chi connectivity index (χ0n) is 16.5. The summed E-state index contributed by atoms with van der Waals surface area (Å²) in [6, 6.07) is 13.8. The number of aliphatic hydroxyl groups is 1. The van der Waals surface area contributed by atoms with Crippen LogP contribution in [0, 0.1) is 5.82 Å². The van der Waals surface area contributed by atoms with Crippen LogP contribution in [0.2, 0.25) is 0 Å². The van der Waals surface area contributed by atoms with Crippen LogP contribution in [0.5, 0.6) is 0 Å². The van der Waals surface area contributed by atoms with E-state index in [2.05, 4.69) is 53.5 Å². The quantitative estimate of drug-likeness (QED) is 0.804. The van der Waals surface area contributed by atoms with E-state index < -0.39 is 6.10 Å². The largest absolute Gasteiger partial charge is 0.389 e. The van der Waals surface area contributed by atoms with Gasteiger partial charge in [-0.15, -0.1) is 0 Å². The van der Waals surface area contributed by atoms with Crippen molar-refractivity contribution in [2.75, 3.05) is 37.4 Å². The van der Waals surface area contributed by atoms with Gasteiger partial charge in [0.05, 0.1) is 6.10 Å². The molecule has 27 heavy (non-hydrogen) atoms. The Kier molecular flexibility index (Phi) is 6.34. The van der Waals surface area contributed by atoms with Crippen LogP contribution >= 0.6 is 0 Å². The molecule has 0 saturated carbocycles. The SMILES string of the molecule is CC(O)c1cc(NCc2ccccc2N(C)C2CCN(C)CC2)ccc1F. The molecular formula is C22H30FN3O. The molecule has 2 aromatic rings. The summed E-state index contributed by atoms with van der Waals surface area (Å²) in [5.41, 5.74) is 3.57. The number of hydrogen-bond donors (Lipinski definition) is 2. The molecule has 0 amide bonds. The first-order valence-corrected chi connectivity index (χ1v) is 9.66. The maximum absolute atomic E-state index is 13.8. The molecule has 0 bridgehead atoms. The Balaban J connectivity index is 1.72. The number of hydrogen-bond acceptors (Lipinski definition) is 4. The van der Waals surface area contributed by atoms with E-state index in [0.29, 0.717) is 18.2 Å². The standard InChI is InChI=1S/C22H30FN3O/c1-16(27)20-14-18(8-9-21(20)23)24-15-17-6-4-5-7-22(17)26(3)19-10-12-25(2)13-11-19/h4-9,14,16,19,24,27H,10-13,15H2,1-3H3. The first-order valence-electron chi connectivity index (χ1n) is 9.66. The van der Waals surface area contributed by atoms with Crippen LogP contribution in [0.25, 0.3) is 0 Å². The Hall–Kier alpha value is -2.11. The number of anilines is 2. The molecule has 5 heteroatoms. The van der Waals surface area contributed by atoms with Crippen molar-refractivity contribution in [3.8, 4) is 0 Å². The third-order valence-electron chi connectivity index (χ3n) is 5.54. The molecule has 1 fully saturated rings. The molecule has 3 rings (SSSR count). The number of halogens is 1. The summed E-state index contributed by atoms with van der Waals surface area (Å²) >= 11 is 0. The van der Waals surface area contributed by atoms with Gasteiger partial charge in [0.15, 0.2) is 0 Å². The molecule has 1 atom stereocenters. The molecule has 1 saturated heterocycles. The van der Waals surface area contributed by atoms with Crippen molar-refractivity contribution in [3.63, 3.8) is 0 Å². The molecule has 1 aliphatic heterocycles. The van der Waals surface area contributed by atoms with Gasteiger partial charge in [0, 0.05) is 36.6 Å². The van der Waals surface area contributed by atoms with Gasteiger partial charge in [-0.05, 0) is 69.7 Å². The number of likely N-dealkylation sites (tertiary alicyclic amines) is 1. The number of benzene rings is 2. The highest BCUT2D eigenvalue weighted by atomic mass is 19.1. The Labute approximate surface area is 161 Å². The molecule has 1 unspecified atom stereocenters. The average molecular weight is 372 g/mol. The number of rotatable bonds is 6. The van der Waals surface area contributed by atoms with Crippen LogP contribution in [0.15, 0.2) is 42.5 Å². The summed E-state index contributed by atoms with van der Waals surface area (Å²) in [5.74, 6) is -0.377. The fraction of sp³-hybridized carbons (Fsp3) is 0.455. The van der Waals surface area contributed by atoms with Crippen molar-refractivity contribution in [1.29, 1.82) is 0 Å². The molecule has 0 radical (unpaired) electrons. The first-order chi connectivity index (χ1) is 13.0. The van der Waals surface area contributed by atoms with Crippen LogP contribution in [0.4, 0.5) is 15.8 Å².